The summed E-state index contributed by atoms with van der Waals surface area (Å²) < 4.78 is 0. The number of hydrogen-bond acceptors (Lipinski definition) is 4. The fourth-order valence-corrected chi connectivity index (χ4v) is 3.13. The molecule has 132 valence electrons. The monoisotopic (exact) mass is 358 g/mol. The molecule has 5 nitrogen and oxygen atoms in total. The highest BCUT2D eigenvalue weighted by molar-refractivity contribution is 8.13. The van der Waals surface area contributed by atoms with Crippen LogP contribution in [-0.2, 0) is 11.2 Å². The molecule has 1 amide bonds. The van der Waals surface area contributed by atoms with Crippen LogP contribution in [0.3, 0.4) is 0 Å². The normalized spacial score (nSPS) is 13.0. The predicted octanol–water partition coefficient (Wildman–Crippen LogP) is 3.07. The Bertz CT molecular complexity index is 680. The molecule has 0 radical (unpaired) electrons. The third-order valence-corrected chi connectivity index (χ3v) is 4.62. The van der Waals surface area contributed by atoms with Crippen molar-refractivity contribution in [2.45, 2.75) is 12.5 Å². The van der Waals surface area contributed by atoms with Crippen molar-refractivity contribution in [3.63, 3.8) is 0 Å². The summed E-state index contributed by atoms with van der Waals surface area (Å²) in [4.78, 5) is 24.1. The van der Waals surface area contributed by atoms with Gasteiger partial charge in [0.2, 0.25) is 0 Å². The van der Waals surface area contributed by atoms with Gasteiger partial charge in [-0.1, -0.05) is 72.4 Å². The second-order valence-electron chi connectivity index (χ2n) is 5.59. The van der Waals surface area contributed by atoms with Crippen molar-refractivity contribution in [2.75, 3.05) is 12.3 Å². The van der Waals surface area contributed by atoms with Gasteiger partial charge in [0.05, 0.1) is 12.0 Å². The van der Waals surface area contributed by atoms with E-state index in [9.17, 15) is 14.7 Å². The molecule has 0 aliphatic carbocycles. The number of hydrogen-bond donors (Lipinski definition) is 3. The highest BCUT2D eigenvalue weighted by Gasteiger charge is 2.31. The van der Waals surface area contributed by atoms with E-state index in [-0.39, 0.29) is 5.24 Å². The van der Waals surface area contributed by atoms with Crippen LogP contribution in [0.1, 0.15) is 17.2 Å². The number of benzene rings is 2. The number of nitrogens with one attached hydrogen (secondary N) is 1. The average molecular weight is 358 g/mol. The molecule has 0 saturated carbocycles. The molecule has 0 saturated heterocycles. The van der Waals surface area contributed by atoms with E-state index in [1.54, 1.807) is 0 Å². The molecule has 2 aromatic rings. The molecular formula is C19H22N2O3S. The summed E-state index contributed by atoms with van der Waals surface area (Å²) in [5, 5.41) is 12.4. The quantitative estimate of drug-likeness (QED) is 0.674. The van der Waals surface area contributed by atoms with Gasteiger partial charge < -0.3 is 16.2 Å². The SMILES string of the molecule is NCCSC(=O)NC(c1ccccc1)C(Cc1ccccc1)C(=O)O. The highest BCUT2D eigenvalue weighted by Crippen LogP contribution is 2.27. The Labute approximate surface area is 151 Å². The number of carbonyl (C=O) groups is 2. The van der Waals surface area contributed by atoms with Gasteiger partial charge in [0.1, 0.15) is 0 Å². The Morgan fingerprint density at radius 1 is 1.04 bits per heavy atom. The maximum atomic E-state index is 12.2. The van der Waals surface area contributed by atoms with E-state index in [0.29, 0.717) is 18.7 Å². The topological polar surface area (TPSA) is 92.4 Å². The molecule has 6 heteroatoms. The summed E-state index contributed by atoms with van der Waals surface area (Å²) in [6, 6.07) is 18.0. The zero-order valence-electron chi connectivity index (χ0n) is 13.8. The lowest BCUT2D eigenvalue weighted by Crippen LogP contribution is -2.36. The van der Waals surface area contributed by atoms with Gasteiger partial charge in [-0.3, -0.25) is 9.59 Å². The Morgan fingerprint density at radius 3 is 2.20 bits per heavy atom. The van der Waals surface area contributed by atoms with Gasteiger partial charge in [0, 0.05) is 12.3 Å². The number of amides is 1. The molecule has 2 unspecified atom stereocenters. The largest absolute Gasteiger partial charge is 0.481 e. The van der Waals surface area contributed by atoms with Crippen LogP contribution in [-0.4, -0.2) is 28.6 Å². The van der Waals surface area contributed by atoms with E-state index < -0.39 is 17.9 Å². The lowest BCUT2D eigenvalue weighted by molar-refractivity contribution is -0.142. The molecule has 0 fully saturated rings. The van der Waals surface area contributed by atoms with Gasteiger partial charge in [0.25, 0.3) is 5.24 Å². The van der Waals surface area contributed by atoms with Crippen molar-refractivity contribution >= 4 is 23.0 Å². The Kier molecular flexibility index (Phi) is 7.50. The van der Waals surface area contributed by atoms with E-state index in [4.69, 9.17) is 5.73 Å². The van der Waals surface area contributed by atoms with Crippen molar-refractivity contribution < 1.29 is 14.7 Å². The number of rotatable bonds is 8. The van der Waals surface area contributed by atoms with Gasteiger partial charge in [-0.25, -0.2) is 0 Å². The van der Waals surface area contributed by atoms with Gasteiger partial charge in [0.15, 0.2) is 0 Å². The van der Waals surface area contributed by atoms with E-state index in [0.717, 1.165) is 22.9 Å². The third-order valence-electron chi connectivity index (χ3n) is 3.80. The third kappa shape index (κ3) is 5.92. The number of thioether (sulfide) groups is 1. The number of carbonyl (C=O) groups excluding carboxylic acids is 1. The van der Waals surface area contributed by atoms with Crippen LogP contribution in [0.4, 0.5) is 4.79 Å². The van der Waals surface area contributed by atoms with Crippen molar-refractivity contribution in [2.24, 2.45) is 11.7 Å². The number of carboxylic acids is 1. The summed E-state index contributed by atoms with van der Waals surface area (Å²) in [7, 11) is 0. The van der Waals surface area contributed by atoms with Crippen molar-refractivity contribution in [1.29, 1.82) is 0 Å². The summed E-state index contributed by atoms with van der Waals surface area (Å²) in [6.45, 7) is 0.389. The van der Waals surface area contributed by atoms with Gasteiger partial charge in [-0.2, -0.15) is 0 Å². The van der Waals surface area contributed by atoms with Crippen LogP contribution >= 0.6 is 11.8 Å². The van der Waals surface area contributed by atoms with Gasteiger partial charge >= 0.3 is 5.97 Å². The lowest BCUT2D eigenvalue weighted by atomic mass is 9.88. The Morgan fingerprint density at radius 2 is 1.64 bits per heavy atom. The summed E-state index contributed by atoms with van der Waals surface area (Å²) in [5.41, 5.74) is 7.12. The van der Waals surface area contributed by atoms with Crippen LogP contribution in [0.15, 0.2) is 60.7 Å². The Balaban J connectivity index is 2.26. The molecule has 2 rings (SSSR count). The molecule has 0 spiro atoms. The highest BCUT2D eigenvalue weighted by atomic mass is 32.2. The first kappa shape index (κ1) is 19.0. The summed E-state index contributed by atoms with van der Waals surface area (Å²) in [5.74, 6) is -1.22. The smallest absolute Gasteiger partial charge is 0.309 e. The second-order valence-corrected chi connectivity index (χ2v) is 6.66. The second kappa shape index (κ2) is 9.86. The van der Waals surface area contributed by atoms with Crippen molar-refractivity contribution in [3.05, 3.63) is 71.8 Å². The molecule has 2 atom stereocenters. The molecule has 0 bridgehead atoms. The fourth-order valence-electron chi connectivity index (χ4n) is 2.61. The molecule has 2 aromatic carbocycles. The zero-order chi connectivity index (χ0) is 18.1. The first-order valence-electron chi connectivity index (χ1n) is 8.07. The lowest BCUT2D eigenvalue weighted by Gasteiger charge is -2.25. The van der Waals surface area contributed by atoms with Crippen LogP contribution in [0.25, 0.3) is 0 Å². The number of nitrogens with two attached hydrogens (primary N) is 1. The molecule has 25 heavy (non-hydrogen) atoms. The van der Waals surface area contributed by atoms with E-state index in [1.165, 1.54) is 0 Å². The Hall–Kier alpha value is -2.31. The minimum absolute atomic E-state index is 0.265. The van der Waals surface area contributed by atoms with E-state index >= 15 is 0 Å². The predicted molar refractivity (Wildman–Crippen MR) is 100 cm³/mol. The van der Waals surface area contributed by atoms with Gasteiger partial charge in [-0.15, -0.1) is 0 Å². The number of aliphatic carboxylic acids is 1. The van der Waals surface area contributed by atoms with Crippen LogP contribution in [0.5, 0.6) is 0 Å². The van der Waals surface area contributed by atoms with E-state index in [2.05, 4.69) is 5.32 Å². The molecule has 4 N–H and O–H groups in total. The summed E-state index contributed by atoms with van der Waals surface area (Å²) >= 11 is 1.07. The van der Waals surface area contributed by atoms with Crippen LogP contribution < -0.4 is 11.1 Å². The molecule has 0 aromatic heterocycles. The number of carboxylic acid groups (broad SMARTS) is 1. The molecule has 0 aliphatic heterocycles. The first-order valence-corrected chi connectivity index (χ1v) is 9.05. The standard InChI is InChI=1S/C19H22N2O3S/c20-11-12-25-19(24)21-17(15-9-5-2-6-10-15)16(18(22)23)13-14-7-3-1-4-8-14/h1-10,16-17H,11-13,20H2,(H,21,24)(H,22,23). The summed E-state index contributed by atoms with van der Waals surface area (Å²) in [6.07, 6.45) is 0.331. The molecule has 0 heterocycles. The molecular weight excluding hydrogens is 336 g/mol. The van der Waals surface area contributed by atoms with Crippen LogP contribution in [0, 0.1) is 5.92 Å². The van der Waals surface area contributed by atoms with Crippen LogP contribution in [0.2, 0.25) is 0 Å². The minimum Gasteiger partial charge on any atom is -0.481 e. The molecule has 0 aliphatic rings. The first-order chi connectivity index (χ1) is 12.1. The minimum atomic E-state index is -0.943. The maximum Gasteiger partial charge on any atom is 0.309 e. The van der Waals surface area contributed by atoms with Crippen molar-refractivity contribution in [3.8, 4) is 0 Å². The van der Waals surface area contributed by atoms with Gasteiger partial charge in [-0.05, 0) is 17.5 Å². The fraction of sp³-hybridized carbons (Fsp3) is 0.263. The zero-order valence-corrected chi connectivity index (χ0v) is 14.6. The van der Waals surface area contributed by atoms with Crippen molar-refractivity contribution in [1.82, 2.24) is 5.32 Å². The average Bonchev–Trinajstić information content (AvgIpc) is 2.64. The maximum absolute atomic E-state index is 12.2. The van der Waals surface area contributed by atoms with E-state index in [1.807, 2.05) is 60.7 Å².